The van der Waals surface area contributed by atoms with Crippen molar-refractivity contribution >= 4 is 35.6 Å². The Kier molecular flexibility index (Phi) is 5.30. The predicted molar refractivity (Wildman–Crippen MR) is 96.2 cm³/mol. The molecule has 4 nitrogen and oxygen atoms in total. The van der Waals surface area contributed by atoms with Gasteiger partial charge in [-0.2, -0.15) is 13.2 Å². The van der Waals surface area contributed by atoms with Crippen LogP contribution < -0.4 is 4.74 Å². The molecule has 2 aromatic rings. The molecular formula is C18H12ClF3O4S. The van der Waals surface area contributed by atoms with Crippen molar-refractivity contribution in [3.8, 4) is 16.9 Å². The fraction of sp³-hybridized carbons (Fsp3) is 0.167. The molecule has 3 rings (SSSR count). The molecule has 0 bridgehead atoms. The number of alkyl halides is 3. The monoisotopic (exact) mass is 416 g/mol. The van der Waals surface area contributed by atoms with Crippen molar-refractivity contribution in [3.05, 3.63) is 52.7 Å². The number of rotatable bonds is 3. The summed E-state index contributed by atoms with van der Waals surface area (Å²) in [5, 5.41) is 8.98. The molecule has 0 fully saturated rings. The average molecular weight is 417 g/mol. The topological polar surface area (TPSA) is 55.8 Å². The zero-order chi connectivity index (χ0) is 19.8. The van der Waals surface area contributed by atoms with Crippen LogP contribution in [0.4, 0.5) is 18.0 Å². The number of carbonyl (C=O) groups is 1. The molecule has 0 spiro atoms. The summed E-state index contributed by atoms with van der Waals surface area (Å²) in [5.41, 5.74) is 1.18. The number of ether oxygens (including phenoxy) is 2. The molecule has 0 saturated carbocycles. The van der Waals surface area contributed by atoms with Crippen LogP contribution in [0.15, 0.2) is 47.1 Å². The van der Waals surface area contributed by atoms with Gasteiger partial charge in [-0.15, -0.1) is 11.8 Å². The number of halogens is 4. The molecule has 1 N–H and O–H groups in total. The Hall–Kier alpha value is -2.32. The minimum atomic E-state index is -4.86. The van der Waals surface area contributed by atoms with E-state index in [1.54, 1.807) is 12.1 Å². The number of hydrogen-bond donors (Lipinski definition) is 1. The van der Waals surface area contributed by atoms with Gasteiger partial charge in [-0.25, -0.2) is 4.79 Å². The predicted octanol–water partition coefficient (Wildman–Crippen LogP) is 6.09. The van der Waals surface area contributed by atoms with Crippen molar-refractivity contribution in [2.45, 2.75) is 17.2 Å². The zero-order valence-electron chi connectivity index (χ0n) is 13.7. The summed E-state index contributed by atoms with van der Waals surface area (Å²) in [4.78, 5) is 11.7. The van der Waals surface area contributed by atoms with E-state index in [1.807, 2.05) is 18.4 Å². The lowest BCUT2D eigenvalue weighted by Crippen LogP contribution is -2.39. The molecule has 27 heavy (non-hydrogen) atoms. The second-order valence-corrected chi connectivity index (χ2v) is 6.87. The minimum Gasteiger partial charge on any atom is -0.472 e. The Labute approximate surface area is 161 Å². The average Bonchev–Trinajstić information content (AvgIpc) is 2.59. The highest BCUT2D eigenvalue weighted by atomic mass is 35.5. The molecule has 0 aromatic heterocycles. The Morgan fingerprint density at radius 1 is 1.26 bits per heavy atom. The Morgan fingerprint density at radius 3 is 2.48 bits per heavy atom. The first-order chi connectivity index (χ1) is 12.7. The first kappa shape index (κ1) is 19.4. The second kappa shape index (κ2) is 7.36. The molecule has 1 unspecified atom stereocenters. The van der Waals surface area contributed by atoms with Crippen molar-refractivity contribution in [3.63, 3.8) is 0 Å². The molecule has 0 radical (unpaired) electrons. The van der Waals surface area contributed by atoms with Crippen molar-refractivity contribution in [1.82, 2.24) is 0 Å². The molecule has 0 aliphatic carbocycles. The Morgan fingerprint density at radius 2 is 1.93 bits per heavy atom. The summed E-state index contributed by atoms with van der Waals surface area (Å²) in [5.74, 6) is -0.912. The lowest BCUT2D eigenvalue weighted by Gasteiger charge is -2.29. The van der Waals surface area contributed by atoms with Gasteiger partial charge in [0, 0.05) is 21.0 Å². The van der Waals surface area contributed by atoms with Gasteiger partial charge in [0.2, 0.25) is 0 Å². The highest BCUT2D eigenvalue weighted by molar-refractivity contribution is 7.98. The van der Waals surface area contributed by atoms with E-state index in [9.17, 15) is 18.0 Å². The van der Waals surface area contributed by atoms with Crippen LogP contribution >= 0.6 is 23.4 Å². The first-order valence-electron chi connectivity index (χ1n) is 7.52. The summed E-state index contributed by atoms with van der Waals surface area (Å²) in [6.07, 6.45) is -6.37. The summed E-state index contributed by atoms with van der Waals surface area (Å²) in [6, 6.07) is 10.0. The lowest BCUT2D eigenvalue weighted by atomic mass is 9.98. The molecular weight excluding hydrogens is 405 g/mol. The zero-order valence-corrected chi connectivity index (χ0v) is 15.3. The maximum Gasteiger partial charge on any atom is 0.511 e. The standard InChI is InChI=1S/C18H12ClF3O4S/c1-27-12-4-2-9(3-5-12)13-8-11(19)6-10-7-14(25-17(23)24)16(18(20,21)22)26-15(10)13/h2-8,16H,1H3,(H,23,24). The lowest BCUT2D eigenvalue weighted by molar-refractivity contribution is -0.191. The maximum atomic E-state index is 13.4. The SMILES string of the molecule is CSc1ccc(-c2cc(Cl)cc3c2OC(C(F)(F)F)C(OC(=O)O)=C3)cc1. The van der Waals surface area contributed by atoms with E-state index >= 15 is 0 Å². The third-order valence-electron chi connectivity index (χ3n) is 3.78. The molecule has 1 heterocycles. The fourth-order valence-electron chi connectivity index (χ4n) is 2.66. The van der Waals surface area contributed by atoms with Crippen molar-refractivity contribution in [1.29, 1.82) is 0 Å². The molecule has 9 heteroatoms. The highest BCUT2D eigenvalue weighted by Crippen LogP contribution is 2.44. The largest absolute Gasteiger partial charge is 0.511 e. The van der Waals surface area contributed by atoms with Crippen molar-refractivity contribution in [2.75, 3.05) is 6.26 Å². The van der Waals surface area contributed by atoms with Crippen LogP contribution in [0.5, 0.6) is 5.75 Å². The van der Waals surface area contributed by atoms with E-state index in [4.69, 9.17) is 21.4 Å². The van der Waals surface area contributed by atoms with Gasteiger partial charge >= 0.3 is 12.3 Å². The summed E-state index contributed by atoms with van der Waals surface area (Å²) in [6.45, 7) is 0. The van der Waals surface area contributed by atoms with E-state index in [0.717, 1.165) is 11.0 Å². The van der Waals surface area contributed by atoms with E-state index in [1.165, 1.54) is 23.9 Å². The summed E-state index contributed by atoms with van der Waals surface area (Å²) < 4.78 is 49.6. The summed E-state index contributed by atoms with van der Waals surface area (Å²) >= 11 is 7.63. The number of carboxylic acid groups (broad SMARTS) is 1. The third kappa shape index (κ3) is 4.17. The van der Waals surface area contributed by atoms with Gasteiger partial charge < -0.3 is 14.6 Å². The second-order valence-electron chi connectivity index (χ2n) is 5.55. The number of fused-ring (bicyclic) bond motifs is 1. The van der Waals surface area contributed by atoms with E-state index in [-0.39, 0.29) is 16.3 Å². The van der Waals surface area contributed by atoms with Crippen LogP contribution in [-0.4, -0.2) is 29.8 Å². The van der Waals surface area contributed by atoms with E-state index in [2.05, 4.69) is 4.74 Å². The van der Waals surface area contributed by atoms with E-state index < -0.39 is 24.2 Å². The molecule has 1 atom stereocenters. The number of benzene rings is 2. The number of hydrogen-bond acceptors (Lipinski definition) is 4. The van der Waals surface area contributed by atoms with Crippen LogP contribution in [0.25, 0.3) is 17.2 Å². The molecule has 2 aromatic carbocycles. The van der Waals surface area contributed by atoms with Gasteiger partial charge in [0.15, 0.2) is 5.76 Å². The molecule has 0 saturated heterocycles. The minimum absolute atomic E-state index is 0.0450. The molecule has 142 valence electrons. The quantitative estimate of drug-likeness (QED) is 0.485. The van der Waals surface area contributed by atoms with Crippen LogP contribution in [-0.2, 0) is 4.74 Å². The Balaban J connectivity index is 2.15. The Bertz CT molecular complexity index is 910. The molecule has 1 aliphatic heterocycles. The number of thioether (sulfide) groups is 1. The fourth-order valence-corrected chi connectivity index (χ4v) is 3.29. The highest BCUT2D eigenvalue weighted by Gasteiger charge is 2.48. The van der Waals surface area contributed by atoms with Gasteiger partial charge in [0.1, 0.15) is 5.75 Å². The van der Waals surface area contributed by atoms with Gasteiger partial charge in [-0.1, -0.05) is 23.7 Å². The van der Waals surface area contributed by atoms with Gasteiger partial charge in [-0.3, -0.25) is 0 Å². The van der Waals surface area contributed by atoms with Crippen LogP contribution in [0, 0.1) is 0 Å². The molecule has 1 aliphatic rings. The van der Waals surface area contributed by atoms with Gasteiger partial charge in [-0.05, 0) is 42.2 Å². The first-order valence-corrected chi connectivity index (χ1v) is 9.13. The van der Waals surface area contributed by atoms with E-state index in [0.29, 0.717) is 11.1 Å². The molecule has 0 amide bonds. The third-order valence-corrected chi connectivity index (χ3v) is 4.74. The van der Waals surface area contributed by atoms with Crippen molar-refractivity contribution in [2.24, 2.45) is 0 Å². The normalized spacial score (nSPS) is 16.2. The van der Waals surface area contributed by atoms with Crippen LogP contribution in [0.2, 0.25) is 5.02 Å². The smallest absolute Gasteiger partial charge is 0.472 e. The van der Waals surface area contributed by atoms with Crippen LogP contribution in [0.3, 0.4) is 0 Å². The van der Waals surface area contributed by atoms with Crippen LogP contribution in [0.1, 0.15) is 5.56 Å². The van der Waals surface area contributed by atoms with Gasteiger partial charge in [0.25, 0.3) is 6.10 Å². The maximum absolute atomic E-state index is 13.4. The van der Waals surface area contributed by atoms with Gasteiger partial charge in [0.05, 0.1) is 0 Å². The summed E-state index contributed by atoms with van der Waals surface area (Å²) in [7, 11) is 0. The van der Waals surface area contributed by atoms with Crippen molar-refractivity contribution < 1.29 is 32.5 Å².